The van der Waals surface area contributed by atoms with Gasteiger partial charge in [-0.25, -0.2) is 9.98 Å². The summed E-state index contributed by atoms with van der Waals surface area (Å²) >= 11 is 1.30. The molecule has 3 heterocycles. The topological polar surface area (TPSA) is 70.0 Å². The van der Waals surface area contributed by atoms with Gasteiger partial charge >= 0.3 is 0 Å². The number of carbonyl (C=O) groups excluding carboxylic acids is 1. The van der Waals surface area contributed by atoms with Crippen LogP contribution in [0.15, 0.2) is 45.8 Å². The van der Waals surface area contributed by atoms with Crippen LogP contribution in [0.3, 0.4) is 0 Å². The molecule has 0 fully saturated rings. The van der Waals surface area contributed by atoms with Gasteiger partial charge in [-0.05, 0) is 12.1 Å². The lowest BCUT2D eigenvalue weighted by molar-refractivity contribution is 0.0973. The third-order valence-corrected chi connectivity index (χ3v) is 4.09. The van der Waals surface area contributed by atoms with Crippen molar-refractivity contribution in [1.29, 1.82) is 0 Å². The largest absolute Gasteiger partial charge is 0.294 e. The molecule has 0 unspecified atom stereocenters. The number of nitrogens with zero attached hydrogens (tertiary/aromatic N) is 4. The molecule has 6 nitrogen and oxygen atoms in total. The third-order valence-electron chi connectivity index (χ3n) is 3.32. The van der Waals surface area contributed by atoms with E-state index < -0.39 is 0 Å². The third kappa shape index (κ3) is 2.02. The van der Waals surface area contributed by atoms with Crippen molar-refractivity contribution in [2.75, 3.05) is 13.1 Å². The van der Waals surface area contributed by atoms with Crippen LogP contribution in [0.2, 0.25) is 0 Å². The molecule has 2 aromatic rings. The summed E-state index contributed by atoms with van der Waals surface area (Å²) in [5, 5.41) is 5.04. The van der Waals surface area contributed by atoms with Crippen molar-refractivity contribution in [3.63, 3.8) is 0 Å². The second-order valence-electron chi connectivity index (χ2n) is 4.60. The Balaban J connectivity index is 1.71. The van der Waals surface area contributed by atoms with E-state index in [1.165, 1.54) is 11.3 Å². The van der Waals surface area contributed by atoms with Crippen molar-refractivity contribution in [2.45, 2.75) is 0 Å². The first kappa shape index (κ1) is 12.2. The molecule has 104 valence electrons. The van der Waals surface area contributed by atoms with E-state index in [2.05, 4.69) is 20.3 Å². The zero-order chi connectivity index (χ0) is 14.2. The first-order valence-electron chi connectivity index (χ1n) is 6.54. The van der Waals surface area contributed by atoms with E-state index in [1.54, 1.807) is 11.6 Å². The molecule has 2 aliphatic heterocycles. The summed E-state index contributed by atoms with van der Waals surface area (Å²) in [6.07, 6.45) is 1.61. The first-order valence-corrected chi connectivity index (χ1v) is 7.42. The SMILES string of the molecule is O=C(NC1=Nc2ccccc2C2=NCCN12)c1nccs1. The summed E-state index contributed by atoms with van der Waals surface area (Å²) in [5.41, 5.74) is 1.83. The lowest BCUT2D eigenvalue weighted by Crippen LogP contribution is -2.47. The monoisotopic (exact) mass is 297 g/mol. The number of benzene rings is 1. The van der Waals surface area contributed by atoms with Gasteiger partial charge in [-0.15, -0.1) is 11.3 Å². The van der Waals surface area contributed by atoms with Crippen LogP contribution in [0, 0.1) is 0 Å². The molecule has 1 aromatic carbocycles. The van der Waals surface area contributed by atoms with Crippen molar-refractivity contribution in [3.05, 3.63) is 46.4 Å². The molecular weight excluding hydrogens is 286 g/mol. The molecule has 0 saturated carbocycles. The average molecular weight is 297 g/mol. The quantitative estimate of drug-likeness (QED) is 0.870. The van der Waals surface area contributed by atoms with Gasteiger partial charge in [0.05, 0.1) is 12.2 Å². The summed E-state index contributed by atoms with van der Waals surface area (Å²) in [5.74, 6) is 1.15. The Labute approximate surface area is 124 Å². The number of para-hydroxylation sites is 1. The van der Waals surface area contributed by atoms with Gasteiger partial charge in [-0.1, -0.05) is 12.1 Å². The number of aromatic nitrogens is 1. The highest BCUT2D eigenvalue weighted by atomic mass is 32.1. The van der Waals surface area contributed by atoms with Gasteiger partial charge in [0, 0.05) is 23.7 Å². The molecule has 2 aliphatic rings. The number of carbonyl (C=O) groups is 1. The molecule has 1 amide bonds. The molecule has 7 heteroatoms. The first-order chi connectivity index (χ1) is 10.3. The predicted molar refractivity (Wildman–Crippen MR) is 81.2 cm³/mol. The molecule has 0 bridgehead atoms. The molecular formula is C14H11N5OS. The van der Waals surface area contributed by atoms with Gasteiger partial charge in [0.1, 0.15) is 5.84 Å². The van der Waals surface area contributed by atoms with E-state index in [4.69, 9.17) is 0 Å². The van der Waals surface area contributed by atoms with Crippen LogP contribution in [0.5, 0.6) is 0 Å². The summed E-state index contributed by atoms with van der Waals surface area (Å²) in [7, 11) is 0. The molecule has 4 rings (SSSR count). The minimum Gasteiger partial charge on any atom is -0.294 e. The fourth-order valence-electron chi connectivity index (χ4n) is 2.40. The van der Waals surface area contributed by atoms with Crippen molar-refractivity contribution >= 4 is 34.7 Å². The fraction of sp³-hybridized carbons (Fsp3) is 0.143. The standard InChI is InChI=1S/C14H11N5OS/c20-12(13-16-6-8-21-13)18-14-17-10-4-2-1-3-9(10)11-15-5-7-19(11)14/h1-4,6,8H,5,7H2,(H,17,18,20). The highest BCUT2D eigenvalue weighted by molar-refractivity contribution is 7.11. The maximum absolute atomic E-state index is 12.2. The number of thiazole rings is 1. The predicted octanol–water partition coefficient (Wildman–Crippen LogP) is 1.64. The highest BCUT2D eigenvalue weighted by Crippen LogP contribution is 2.27. The normalized spacial score (nSPS) is 15.9. The minimum absolute atomic E-state index is 0.241. The summed E-state index contributed by atoms with van der Waals surface area (Å²) in [6, 6.07) is 7.80. The molecule has 1 N–H and O–H groups in total. The van der Waals surface area contributed by atoms with Crippen molar-refractivity contribution in [1.82, 2.24) is 15.2 Å². The van der Waals surface area contributed by atoms with Gasteiger partial charge in [-0.2, -0.15) is 0 Å². The van der Waals surface area contributed by atoms with Crippen molar-refractivity contribution < 1.29 is 4.79 Å². The van der Waals surface area contributed by atoms with Crippen molar-refractivity contribution in [2.24, 2.45) is 9.98 Å². The number of aliphatic imine (C=N–C) groups is 2. The second kappa shape index (κ2) is 4.78. The number of rotatable bonds is 1. The molecule has 0 aliphatic carbocycles. The van der Waals surface area contributed by atoms with Gasteiger partial charge < -0.3 is 0 Å². The van der Waals surface area contributed by atoms with Gasteiger partial charge in [0.15, 0.2) is 5.01 Å². The number of hydrogen-bond acceptors (Lipinski definition) is 6. The van der Waals surface area contributed by atoms with Crippen LogP contribution in [-0.4, -0.2) is 40.7 Å². The Morgan fingerprint density at radius 3 is 3.10 bits per heavy atom. The Morgan fingerprint density at radius 1 is 1.33 bits per heavy atom. The van der Waals surface area contributed by atoms with E-state index in [9.17, 15) is 4.79 Å². The Hall–Kier alpha value is -2.54. The molecule has 1 aromatic heterocycles. The maximum atomic E-state index is 12.2. The number of guanidine groups is 1. The smallest absolute Gasteiger partial charge is 0.286 e. The summed E-state index contributed by atoms with van der Waals surface area (Å²) in [6.45, 7) is 1.43. The Kier molecular flexibility index (Phi) is 2.78. The zero-order valence-electron chi connectivity index (χ0n) is 11.0. The Bertz CT molecular complexity index is 765. The molecule has 21 heavy (non-hydrogen) atoms. The van der Waals surface area contributed by atoms with E-state index in [1.807, 2.05) is 29.2 Å². The lowest BCUT2D eigenvalue weighted by atomic mass is 10.1. The minimum atomic E-state index is -0.241. The number of hydrogen-bond donors (Lipinski definition) is 1. The summed E-state index contributed by atoms with van der Waals surface area (Å²) < 4.78 is 0. The van der Waals surface area contributed by atoms with Crippen LogP contribution in [-0.2, 0) is 0 Å². The molecule has 0 atom stereocenters. The van der Waals surface area contributed by atoms with E-state index in [0.717, 1.165) is 23.6 Å². The number of fused-ring (bicyclic) bond motifs is 3. The zero-order valence-corrected chi connectivity index (χ0v) is 11.8. The van der Waals surface area contributed by atoms with Gasteiger partial charge in [0.2, 0.25) is 5.96 Å². The van der Waals surface area contributed by atoms with E-state index in [0.29, 0.717) is 17.5 Å². The number of amidine groups is 1. The number of nitrogens with one attached hydrogen (secondary N) is 1. The molecule has 0 radical (unpaired) electrons. The van der Waals surface area contributed by atoms with Crippen LogP contribution in [0.1, 0.15) is 15.4 Å². The fourth-order valence-corrected chi connectivity index (χ4v) is 2.94. The van der Waals surface area contributed by atoms with Crippen molar-refractivity contribution in [3.8, 4) is 0 Å². The molecule has 0 saturated heterocycles. The van der Waals surface area contributed by atoms with Crippen LogP contribution >= 0.6 is 11.3 Å². The van der Waals surface area contributed by atoms with Gasteiger partial charge in [0.25, 0.3) is 5.91 Å². The summed E-state index contributed by atoms with van der Waals surface area (Å²) in [4.78, 5) is 27.2. The van der Waals surface area contributed by atoms with Crippen LogP contribution < -0.4 is 5.32 Å². The Morgan fingerprint density at radius 2 is 2.24 bits per heavy atom. The van der Waals surface area contributed by atoms with E-state index >= 15 is 0 Å². The van der Waals surface area contributed by atoms with Crippen LogP contribution in [0.25, 0.3) is 0 Å². The maximum Gasteiger partial charge on any atom is 0.286 e. The van der Waals surface area contributed by atoms with Crippen LogP contribution in [0.4, 0.5) is 5.69 Å². The highest BCUT2D eigenvalue weighted by Gasteiger charge is 2.30. The van der Waals surface area contributed by atoms with Gasteiger partial charge in [-0.3, -0.25) is 20.0 Å². The van der Waals surface area contributed by atoms with E-state index in [-0.39, 0.29) is 5.91 Å². The number of amides is 1. The average Bonchev–Trinajstić information content (AvgIpc) is 3.19. The molecule has 0 spiro atoms. The second-order valence-corrected chi connectivity index (χ2v) is 5.50. The lowest BCUT2D eigenvalue weighted by Gasteiger charge is -2.27.